The van der Waals surface area contributed by atoms with E-state index in [2.05, 4.69) is 29.8 Å². The Morgan fingerprint density at radius 2 is 1.86 bits per heavy atom. The van der Waals surface area contributed by atoms with Crippen LogP contribution in [0.25, 0.3) is 0 Å². The summed E-state index contributed by atoms with van der Waals surface area (Å²) in [7, 11) is -3.90. The van der Waals surface area contributed by atoms with Gasteiger partial charge in [-0.1, -0.05) is 25.4 Å². The zero-order chi connectivity index (χ0) is 15.9. The molecule has 1 saturated heterocycles. The predicted molar refractivity (Wildman–Crippen MR) is 84.8 cm³/mol. The summed E-state index contributed by atoms with van der Waals surface area (Å²) in [5.74, 6) is 0.526. The van der Waals surface area contributed by atoms with E-state index in [1.807, 2.05) is 0 Å². The van der Waals surface area contributed by atoms with Crippen molar-refractivity contribution in [2.24, 2.45) is 17.0 Å². The van der Waals surface area contributed by atoms with E-state index in [-0.39, 0.29) is 21.4 Å². The first kappa shape index (κ1) is 16.7. The van der Waals surface area contributed by atoms with Crippen LogP contribution in [0.15, 0.2) is 21.5 Å². The van der Waals surface area contributed by atoms with E-state index in [1.54, 1.807) is 4.90 Å². The predicted octanol–water partition coefficient (Wildman–Crippen LogP) is 2.48. The van der Waals surface area contributed by atoms with E-state index in [0.717, 1.165) is 0 Å². The minimum absolute atomic E-state index is 0.137. The third-order valence-electron chi connectivity index (χ3n) is 3.84. The fraction of sp³-hybridized carbons (Fsp3) is 0.462. The molecule has 1 aliphatic rings. The van der Waals surface area contributed by atoms with Crippen molar-refractivity contribution in [2.45, 2.75) is 18.7 Å². The first-order chi connectivity index (χ1) is 9.61. The molecular formula is C13H16BrClN2O3S. The maximum Gasteiger partial charge on any atom is 0.255 e. The highest BCUT2D eigenvalue weighted by molar-refractivity contribution is 9.10. The number of nitrogens with zero attached hydrogens (tertiary/aromatic N) is 1. The summed E-state index contributed by atoms with van der Waals surface area (Å²) >= 11 is 9.30. The molecule has 8 heteroatoms. The molecule has 0 radical (unpaired) electrons. The lowest BCUT2D eigenvalue weighted by atomic mass is 10.0. The van der Waals surface area contributed by atoms with E-state index in [0.29, 0.717) is 29.4 Å². The largest absolute Gasteiger partial charge is 0.338 e. The number of carbonyl (C=O) groups excluding carboxylic acids is 1. The highest BCUT2D eigenvalue weighted by atomic mass is 79.9. The molecule has 2 atom stereocenters. The Morgan fingerprint density at radius 1 is 1.33 bits per heavy atom. The molecule has 0 saturated carbocycles. The van der Waals surface area contributed by atoms with Gasteiger partial charge in [0.15, 0.2) is 0 Å². The molecule has 1 aromatic rings. The molecule has 2 N–H and O–H groups in total. The average molecular weight is 396 g/mol. The van der Waals surface area contributed by atoms with Crippen LogP contribution >= 0.6 is 27.5 Å². The molecule has 0 spiro atoms. The molecule has 0 bridgehead atoms. The third kappa shape index (κ3) is 3.41. The molecule has 1 fully saturated rings. The zero-order valence-corrected chi connectivity index (χ0v) is 14.8. The van der Waals surface area contributed by atoms with Gasteiger partial charge in [-0.25, -0.2) is 13.6 Å². The van der Waals surface area contributed by atoms with Crippen LogP contribution in [0, 0.1) is 11.8 Å². The van der Waals surface area contributed by atoms with Gasteiger partial charge in [-0.15, -0.1) is 0 Å². The molecule has 116 valence electrons. The average Bonchev–Trinajstić information content (AvgIpc) is 2.70. The van der Waals surface area contributed by atoms with Gasteiger partial charge in [-0.05, 0) is 39.9 Å². The number of likely N-dealkylation sites (tertiary alicyclic amines) is 1. The highest BCUT2D eigenvalue weighted by Crippen LogP contribution is 2.32. The van der Waals surface area contributed by atoms with Crippen LogP contribution in [-0.4, -0.2) is 32.3 Å². The second-order valence-electron chi connectivity index (χ2n) is 5.48. The molecule has 1 amide bonds. The summed E-state index contributed by atoms with van der Waals surface area (Å²) in [6.45, 7) is 5.42. The van der Waals surface area contributed by atoms with Gasteiger partial charge in [0.2, 0.25) is 10.0 Å². The molecule has 0 aliphatic carbocycles. The summed E-state index contributed by atoms with van der Waals surface area (Å²) in [4.78, 5) is 14.1. The summed E-state index contributed by atoms with van der Waals surface area (Å²) in [6, 6.07) is 2.53. The van der Waals surface area contributed by atoms with Gasteiger partial charge in [0.05, 0.1) is 15.5 Å². The first-order valence-electron chi connectivity index (χ1n) is 6.42. The number of hydrogen-bond acceptors (Lipinski definition) is 3. The van der Waals surface area contributed by atoms with Crippen molar-refractivity contribution >= 4 is 43.5 Å². The number of sulfonamides is 1. The number of benzene rings is 1. The molecule has 2 unspecified atom stereocenters. The number of halogens is 2. The molecule has 5 nitrogen and oxygen atoms in total. The van der Waals surface area contributed by atoms with Gasteiger partial charge in [0.25, 0.3) is 5.91 Å². The van der Waals surface area contributed by atoms with Crippen LogP contribution < -0.4 is 5.14 Å². The second kappa shape index (κ2) is 5.87. The highest BCUT2D eigenvalue weighted by Gasteiger charge is 2.31. The lowest BCUT2D eigenvalue weighted by Crippen LogP contribution is -2.29. The summed E-state index contributed by atoms with van der Waals surface area (Å²) in [5, 5.41) is 5.32. The summed E-state index contributed by atoms with van der Waals surface area (Å²) < 4.78 is 23.3. The monoisotopic (exact) mass is 394 g/mol. The minimum Gasteiger partial charge on any atom is -0.338 e. The molecule has 0 aromatic heterocycles. The normalized spacial score (nSPS) is 22.6. The van der Waals surface area contributed by atoms with E-state index in [4.69, 9.17) is 16.7 Å². The topological polar surface area (TPSA) is 80.5 Å². The standard InChI is InChI=1S/C13H16BrClN2O3S/c1-7-5-17(6-8(7)2)13(18)10-3-9(21(16,19)20)4-11(14)12(10)15/h3-4,7-8H,5-6H2,1-2H3,(H2,16,19,20). The number of carbonyl (C=O) groups is 1. The Morgan fingerprint density at radius 3 is 2.33 bits per heavy atom. The van der Waals surface area contributed by atoms with E-state index < -0.39 is 10.0 Å². The lowest BCUT2D eigenvalue weighted by molar-refractivity contribution is 0.0785. The van der Waals surface area contributed by atoms with Crippen molar-refractivity contribution in [3.63, 3.8) is 0 Å². The first-order valence-corrected chi connectivity index (χ1v) is 9.14. The Bertz CT molecular complexity index is 683. The zero-order valence-electron chi connectivity index (χ0n) is 11.6. The van der Waals surface area contributed by atoms with Gasteiger partial charge < -0.3 is 4.90 Å². The number of hydrogen-bond donors (Lipinski definition) is 1. The Hall–Kier alpha value is -0.630. The van der Waals surface area contributed by atoms with Gasteiger partial charge >= 0.3 is 0 Å². The summed E-state index contributed by atoms with van der Waals surface area (Å²) in [6.07, 6.45) is 0. The fourth-order valence-electron chi connectivity index (χ4n) is 2.35. The number of primary sulfonamides is 1. The second-order valence-corrected chi connectivity index (χ2v) is 8.27. The third-order valence-corrected chi connectivity index (χ3v) is 5.99. The fourth-order valence-corrected chi connectivity index (χ4v) is 3.72. The van der Waals surface area contributed by atoms with Crippen molar-refractivity contribution in [1.82, 2.24) is 4.90 Å². The molecule has 1 heterocycles. The minimum atomic E-state index is -3.90. The quantitative estimate of drug-likeness (QED) is 0.835. The lowest BCUT2D eigenvalue weighted by Gasteiger charge is -2.18. The smallest absolute Gasteiger partial charge is 0.255 e. The molecule has 2 rings (SSSR count). The van der Waals surface area contributed by atoms with Crippen molar-refractivity contribution in [3.05, 3.63) is 27.2 Å². The van der Waals surface area contributed by atoms with Crippen molar-refractivity contribution in [2.75, 3.05) is 13.1 Å². The van der Waals surface area contributed by atoms with Gasteiger partial charge in [0, 0.05) is 17.6 Å². The van der Waals surface area contributed by atoms with E-state index >= 15 is 0 Å². The Labute approximate surface area is 137 Å². The molecule has 1 aromatic carbocycles. The summed E-state index contributed by atoms with van der Waals surface area (Å²) in [5.41, 5.74) is 0.149. The van der Waals surface area contributed by atoms with Gasteiger partial charge in [0.1, 0.15) is 0 Å². The van der Waals surface area contributed by atoms with E-state index in [9.17, 15) is 13.2 Å². The van der Waals surface area contributed by atoms with Gasteiger partial charge in [-0.2, -0.15) is 0 Å². The van der Waals surface area contributed by atoms with Crippen LogP contribution in [0.1, 0.15) is 24.2 Å². The Balaban J connectivity index is 2.44. The van der Waals surface area contributed by atoms with Crippen molar-refractivity contribution < 1.29 is 13.2 Å². The number of amides is 1. The maximum atomic E-state index is 12.6. The SMILES string of the molecule is CC1CN(C(=O)c2cc(S(N)(=O)=O)cc(Br)c2Cl)CC1C. The van der Waals surface area contributed by atoms with Crippen LogP contribution in [0.3, 0.4) is 0 Å². The van der Waals surface area contributed by atoms with Crippen LogP contribution in [0.5, 0.6) is 0 Å². The van der Waals surface area contributed by atoms with E-state index in [1.165, 1.54) is 12.1 Å². The van der Waals surface area contributed by atoms with Crippen LogP contribution in [0.2, 0.25) is 5.02 Å². The van der Waals surface area contributed by atoms with Crippen molar-refractivity contribution in [3.8, 4) is 0 Å². The number of rotatable bonds is 2. The maximum absolute atomic E-state index is 12.6. The van der Waals surface area contributed by atoms with Gasteiger partial charge in [-0.3, -0.25) is 4.79 Å². The van der Waals surface area contributed by atoms with Crippen molar-refractivity contribution in [1.29, 1.82) is 0 Å². The molecule has 1 aliphatic heterocycles. The number of nitrogens with two attached hydrogens (primary N) is 1. The molecule has 21 heavy (non-hydrogen) atoms. The Kier molecular flexibility index (Phi) is 4.68. The van der Waals surface area contributed by atoms with Crippen LogP contribution in [0.4, 0.5) is 0 Å². The van der Waals surface area contributed by atoms with Crippen LogP contribution in [-0.2, 0) is 10.0 Å². The molecular weight excluding hydrogens is 380 g/mol.